The van der Waals surface area contributed by atoms with Crippen LogP contribution in [0.5, 0.6) is 0 Å². The number of halogens is 1. The minimum absolute atomic E-state index is 0.0385. The van der Waals surface area contributed by atoms with Gasteiger partial charge in [0.05, 0.1) is 0 Å². The zero-order chi connectivity index (χ0) is 15.2. The molecule has 1 aliphatic heterocycles. The molecule has 0 N–H and O–H groups in total. The zero-order valence-corrected chi connectivity index (χ0v) is 12.9. The molecule has 1 aliphatic rings. The number of benzene rings is 1. The molecule has 0 saturated carbocycles. The molecule has 1 aromatic rings. The molecule has 2 rings (SSSR count). The molecule has 1 atom stereocenters. The van der Waals surface area contributed by atoms with Crippen molar-refractivity contribution < 1.29 is 14.3 Å². The summed E-state index contributed by atoms with van der Waals surface area (Å²) in [5, 5.41) is 0.646. The fourth-order valence-electron chi connectivity index (χ4n) is 2.40. The molecule has 4 nitrogen and oxygen atoms in total. The van der Waals surface area contributed by atoms with Crippen molar-refractivity contribution >= 4 is 23.5 Å². The van der Waals surface area contributed by atoms with Gasteiger partial charge in [-0.1, -0.05) is 30.2 Å². The van der Waals surface area contributed by atoms with Gasteiger partial charge in [-0.05, 0) is 37.5 Å². The number of hydrogen-bond donors (Lipinski definition) is 0. The van der Waals surface area contributed by atoms with Gasteiger partial charge in [0.15, 0.2) is 0 Å². The van der Waals surface area contributed by atoms with Gasteiger partial charge >= 0.3 is 5.97 Å². The highest BCUT2D eigenvalue weighted by Gasteiger charge is 2.21. The summed E-state index contributed by atoms with van der Waals surface area (Å²) < 4.78 is 5.39. The van der Waals surface area contributed by atoms with Crippen LogP contribution in [-0.4, -0.2) is 29.9 Å². The number of likely N-dealkylation sites (tertiary alicyclic amines) is 1. The first-order valence-electron chi connectivity index (χ1n) is 7.29. The minimum atomic E-state index is -0.368. The van der Waals surface area contributed by atoms with Crippen LogP contribution in [0.3, 0.4) is 0 Å². The Labute approximate surface area is 130 Å². The number of carbonyl (C=O) groups excluding carboxylic acids is 2. The van der Waals surface area contributed by atoms with E-state index in [1.165, 1.54) is 0 Å². The van der Waals surface area contributed by atoms with Crippen molar-refractivity contribution in [3.05, 3.63) is 34.9 Å². The normalized spacial score (nSPS) is 17.2. The van der Waals surface area contributed by atoms with E-state index in [-0.39, 0.29) is 24.5 Å². The van der Waals surface area contributed by atoms with E-state index in [1.54, 1.807) is 17.0 Å². The summed E-state index contributed by atoms with van der Waals surface area (Å²) in [5.74, 6) is -0.323. The van der Waals surface area contributed by atoms with Gasteiger partial charge in [-0.3, -0.25) is 9.59 Å². The molecule has 1 aromatic carbocycles. The lowest BCUT2D eigenvalue weighted by Crippen LogP contribution is -2.36. The van der Waals surface area contributed by atoms with E-state index in [1.807, 2.05) is 19.1 Å². The third kappa shape index (κ3) is 4.74. The fourth-order valence-corrected chi connectivity index (χ4v) is 2.52. The van der Waals surface area contributed by atoms with E-state index in [9.17, 15) is 9.59 Å². The molecule has 1 fully saturated rings. The van der Waals surface area contributed by atoms with Crippen LogP contribution in [-0.2, 0) is 14.3 Å². The number of carbonyl (C=O) groups is 2. The van der Waals surface area contributed by atoms with Crippen LogP contribution in [0.15, 0.2) is 24.3 Å². The number of nitrogens with zero attached hydrogens (tertiary/aromatic N) is 1. The van der Waals surface area contributed by atoms with Crippen molar-refractivity contribution in [3.63, 3.8) is 0 Å². The van der Waals surface area contributed by atoms with E-state index in [2.05, 4.69) is 0 Å². The molecule has 0 bridgehead atoms. The summed E-state index contributed by atoms with van der Waals surface area (Å²) in [6, 6.07) is 7.19. The predicted molar refractivity (Wildman–Crippen MR) is 81.0 cm³/mol. The topological polar surface area (TPSA) is 46.6 Å². The van der Waals surface area contributed by atoms with Crippen LogP contribution >= 0.6 is 11.6 Å². The lowest BCUT2D eigenvalue weighted by Gasteiger charge is -2.21. The van der Waals surface area contributed by atoms with Crippen LogP contribution in [0.2, 0.25) is 5.02 Å². The summed E-state index contributed by atoms with van der Waals surface area (Å²) >= 11 is 5.83. The molecule has 0 aliphatic carbocycles. The van der Waals surface area contributed by atoms with Gasteiger partial charge in [-0.25, -0.2) is 0 Å². The molecule has 1 unspecified atom stereocenters. The Morgan fingerprint density at radius 3 is 2.71 bits per heavy atom. The van der Waals surface area contributed by atoms with Crippen molar-refractivity contribution in [2.75, 3.05) is 13.1 Å². The van der Waals surface area contributed by atoms with Gasteiger partial charge < -0.3 is 9.64 Å². The molecular weight excluding hydrogens is 290 g/mol. The highest BCUT2D eigenvalue weighted by atomic mass is 35.5. The Morgan fingerprint density at radius 1 is 1.29 bits per heavy atom. The predicted octanol–water partition coefficient (Wildman–Crippen LogP) is 3.35. The fraction of sp³-hybridized carbons (Fsp3) is 0.500. The zero-order valence-electron chi connectivity index (χ0n) is 12.2. The van der Waals surface area contributed by atoms with E-state index < -0.39 is 0 Å². The van der Waals surface area contributed by atoms with Crippen molar-refractivity contribution in [2.45, 2.75) is 38.7 Å². The van der Waals surface area contributed by atoms with Crippen molar-refractivity contribution in [3.8, 4) is 0 Å². The van der Waals surface area contributed by atoms with E-state index in [4.69, 9.17) is 16.3 Å². The maximum Gasteiger partial charge on any atom is 0.326 e. The van der Waals surface area contributed by atoms with Crippen molar-refractivity contribution in [1.29, 1.82) is 0 Å². The first-order chi connectivity index (χ1) is 10.1. The largest absolute Gasteiger partial charge is 0.456 e. The third-order valence-corrected chi connectivity index (χ3v) is 3.89. The average Bonchev–Trinajstić information content (AvgIpc) is 2.65. The quantitative estimate of drug-likeness (QED) is 0.801. The van der Waals surface area contributed by atoms with Crippen LogP contribution in [0.4, 0.5) is 0 Å². The lowest BCUT2D eigenvalue weighted by atomic mass is 10.1. The number of esters is 1. The van der Waals surface area contributed by atoms with Crippen LogP contribution in [0.1, 0.15) is 44.3 Å². The first-order valence-corrected chi connectivity index (χ1v) is 7.67. The van der Waals surface area contributed by atoms with Crippen LogP contribution < -0.4 is 0 Å². The Hall–Kier alpha value is -1.55. The SMILES string of the molecule is CC(OC(=O)CN1CCCCCC1=O)c1ccc(Cl)cc1. The average molecular weight is 310 g/mol. The molecule has 1 heterocycles. The monoisotopic (exact) mass is 309 g/mol. The number of hydrogen-bond acceptors (Lipinski definition) is 3. The highest BCUT2D eigenvalue weighted by molar-refractivity contribution is 6.30. The molecule has 0 spiro atoms. The molecule has 0 aromatic heterocycles. The standard InChI is InChI=1S/C16H20ClNO3/c1-12(13-6-8-14(17)9-7-13)21-16(20)11-18-10-4-2-3-5-15(18)19/h6-9,12H,2-5,10-11H2,1H3. The number of rotatable bonds is 4. The first kappa shape index (κ1) is 15.8. The van der Waals surface area contributed by atoms with E-state index in [0.717, 1.165) is 24.8 Å². The van der Waals surface area contributed by atoms with Gasteiger partial charge in [0.2, 0.25) is 5.91 Å². The summed E-state index contributed by atoms with van der Waals surface area (Å²) in [5.41, 5.74) is 0.884. The number of amides is 1. The molecule has 1 saturated heterocycles. The smallest absolute Gasteiger partial charge is 0.326 e. The van der Waals surface area contributed by atoms with E-state index in [0.29, 0.717) is 18.0 Å². The maximum absolute atomic E-state index is 12.0. The van der Waals surface area contributed by atoms with E-state index >= 15 is 0 Å². The lowest BCUT2D eigenvalue weighted by molar-refractivity contribution is -0.153. The summed E-state index contributed by atoms with van der Waals surface area (Å²) in [6.07, 6.45) is 3.08. The summed E-state index contributed by atoms with van der Waals surface area (Å²) in [6.45, 7) is 2.49. The summed E-state index contributed by atoms with van der Waals surface area (Å²) in [4.78, 5) is 25.4. The molecule has 1 amide bonds. The van der Waals surface area contributed by atoms with Gasteiger partial charge in [0.25, 0.3) is 0 Å². The molecule has 0 radical (unpaired) electrons. The second-order valence-corrected chi connectivity index (χ2v) is 5.75. The molecule has 5 heteroatoms. The molecule has 114 valence electrons. The minimum Gasteiger partial charge on any atom is -0.456 e. The Balaban J connectivity index is 1.88. The highest BCUT2D eigenvalue weighted by Crippen LogP contribution is 2.20. The van der Waals surface area contributed by atoms with Gasteiger partial charge in [-0.2, -0.15) is 0 Å². The molecule has 21 heavy (non-hydrogen) atoms. The Kier molecular flexibility index (Phi) is 5.62. The summed E-state index contributed by atoms with van der Waals surface area (Å²) in [7, 11) is 0. The third-order valence-electron chi connectivity index (χ3n) is 3.64. The van der Waals surface area contributed by atoms with Crippen LogP contribution in [0, 0.1) is 0 Å². The van der Waals surface area contributed by atoms with Crippen LogP contribution in [0.25, 0.3) is 0 Å². The van der Waals surface area contributed by atoms with Gasteiger partial charge in [-0.15, -0.1) is 0 Å². The second kappa shape index (κ2) is 7.46. The van der Waals surface area contributed by atoms with Crippen molar-refractivity contribution in [1.82, 2.24) is 4.90 Å². The Morgan fingerprint density at radius 2 is 2.00 bits per heavy atom. The maximum atomic E-state index is 12.0. The molecular formula is C16H20ClNO3. The Bertz CT molecular complexity index is 501. The van der Waals surface area contributed by atoms with Gasteiger partial charge in [0.1, 0.15) is 12.6 Å². The number of ether oxygens (including phenoxy) is 1. The van der Waals surface area contributed by atoms with Gasteiger partial charge in [0, 0.05) is 18.0 Å². The second-order valence-electron chi connectivity index (χ2n) is 5.31. The van der Waals surface area contributed by atoms with Crippen molar-refractivity contribution in [2.24, 2.45) is 0 Å².